The molecule has 2 aromatic carbocycles. The smallest absolute Gasteiger partial charge is 0.407 e. The van der Waals surface area contributed by atoms with Crippen molar-refractivity contribution in [3.8, 4) is 0 Å². The Bertz CT molecular complexity index is 1910. The molecule has 294 valence electrons. The Kier molecular flexibility index (Phi) is 11.2. The van der Waals surface area contributed by atoms with Gasteiger partial charge < -0.3 is 39.3 Å². The molecule has 1 amide bonds. The Morgan fingerprint density at radius 1 is 1.09 bits per heavy atom. The second kappa shape index (κ2) is 16.0. The molecule has 54 heavy (non-hydrogen) atoms. The van der Waals surface area contributed by atoms with Crippen LogP contribution >= 0.6 is 0 Å². The van der Waals surface area contributed by atoms with Gasteiger partial charge in [0.15, 0.2) is 11.9 Å². The quantitative estimate of drug-likeness (QED) is 0.269. The lowest BCUT2D eigenvalue weighted by Gasteiger charge is -2.33. The van der Waals surface area contributed by atoms with Crippen LogP contribution in [0.3, 0.4) is 0 Å². The van der Waals surface area contributed by atoms with E-state index in [0.717, 1.165) is 51.5 Å². The van der Waals surface area contributed by atoms with Crippen molar-refractivity contribution in [3.05, 3.63) is 53.3 Å². The molecular weight excluding hydrogens is 718 g/mol. The molecule has 13 nitrogen and oxygen atoms in total. The zero-order valence-electron chi connectivity index (χ0n) is 30.8. The number of halogens is 1. The number of oxazole rings is 1. The van der Waals surface area contributed by atoms with Gasteiger partial charge in [-0.1, -0.05) is 31.4 Å². The molecule has 0 unspecified atom stereocenters. The van der Waals surface area contributed by atoms with Crippen molar-refractivity contribution in [1.29, 1.82) is 0 Å². The van der Waals surface area contributed by atoms with E-state index in [9.17, 15) is 22.7 Å². The van der Waals surface area contributed by atoms with E-state index in [1.807, 2.05) is 7.05 Å². The first kappa shape index (κ1) is 37.6. The third kappa shape index (κ3) is 8.41. The molecule has 7 atom stereocenters. The van der Waals surface area contributed by atoms with Crippen LogP contribution in [0.25, 0.3) is 11.1 Å². The second-order valence-electron chi connectivity index (χ2n) is 15.9. The standard InChI is InChI=1S/C39H52FN5O8S/c1-44-13-5-3-2-4-6-14-45(54(48,49)35-20-34-31(18-25(35)21-44)42-38(52-34)41-28-10-11-28)22-32(46)30(17-24-8-7-9-27(40)16-24)43-39(47)53-33-19-26-23-51-37-36(26)29(33)12-15-50-37/h7-9,16,18,20,26,28-30,32-33,36-37,46H,2-6,10-15,17,19,21-23H2,1H3,(H,41,42)(H,43,47)/t26-,29-,30-,32+,33-,36+,37+/m0/s1. The molecule has 5 aliphatic rings. The Hall–Kier alpha value is -3.34. The number of β-amino-alcohol motifs (C(OH)–C–C–N with tert-alkyl or cyclic N) is 1. The van der Waals surface area contributed by atoms with Crippen molar-refractivity contribution >= 4 is 33.2 Å². The number of ether oxygens (including phenoxy) is 3. The maximum absolute atomic E-state index is 14.8. The number of carbonyl (C=O) groups is 1. The van der Waals surface area contributed by atoms with Gasteiger partial charge in [-0.2, -0.15) is 9.29 Å². The van der Waals surface area contributed by atoms with E-state index in [2.05, 4.69) is 20.5 Å². The molecule has 0 bridgehead atoms. The van der Waals surface area contributed by atoms with Crippen LogP contribution in [-0.2, 0) is 37.2 Å². The summed E-state index contributed by atoms with van der Waals surface area (Å²) in [5.41, 5.74) is 2.07. The summed E-state index contributed by atoms with van der Waals surface area (Å²) in [5.74, 6) is 0.0860. The number of nitrogens with one attached hydrogen (secondary N) is 2. The molecule has 2 saturated heterocycles. The predicted molar refractivity (Wildman–Crippen MR) is 198 cm³/mol. The molecular formula is C39H52FN5O8S. The number of nitrogens with zero attached hydrogens (tertiary/aromatic N) is 3. The van der Waals surface area contributed by atoms with Gasteiger partial charge in [-0.15, -0.1) is 0 Å². The van der Waals surface area contributed by atoms with Crippen LogP contribution in [-0.4, -0.2) is 104 Å². The number of benzene rings is 2. The number of aromatic nitrogens is 1. The zero-order valence-corrected chi connectivity index (χ0v) is 31.6. The van der Waals surface area contributed by atoms with E-state index in [-0.39, 0.29) is 54.6 Å². The fraction of sp³-hybridized carbons (Fsp3) is 0.641. The summed E-state index contributed by atoms with van der Waals surface area (Å²) in [5, 5.41) is 18.1. The topological polar surface area (TPSA) is 156 Å². The fourth-order valence-electron chi connectivity index (χ4n) is 8.86. The van der Waals surface area contributed by atoms with Crippen molar-refractivity contribution in [3.63, 3.8) is 0 Å². The highest BCUT2D eigenvalue weighted by molar-refractivity contribution is 7.89. The van der Waals surface area contributed by atoms with Crippen LogP contribution in [0.1, 0.15) is 68.9 Å². The summed E-state index contributed by atoms with van der Waals surface area (Å²) >= 11 is 0. The van der Waals surface area contributed by atoms with E-state index >= 15 is 0 Å². The molecule has 4 fully saturated rings. The Morgan fingerprint density at radius 3 is 2.72 bits per heavy atom. The lowest BCUT2D eigenvalue weighted by Crippen LogP contribution is -2.51. The number of fused-ring (bicyclic) bond motifs is 2. The monoisotopic (exact) mass is 769 g/mol. The fourth-order valence-corrected chi connectivity index (χ4v) is 10.6. The Morgan fingerprint density at radius 2 is 1.91 bits per heavy atom. The molecule has 0 radical (unpaired) electrons. The first-order valence-electron chi connectivity index (χ1n) is 19.6. The minimum Gasteiger partial charge on any atom is -0.446 e. The predicted octanol–water partition coefficient (Wildman–Crippen LogP) is 5.02. The number of hydrogen-bond donors (Lipinski definition) is 3. The summed E-state index contributed by atoms with van der Waals surface area (Å²) in [6.45, 7) is 2.18. The molecule has 15 heteroatoms. The van der Waals surface area contributed by atoms with Gasteiger partial charge in [-0.25, -0.2) is 17.6 Å². The normalized spacial score (nSPS) is 28.9. The van der Waals surface area contributed by atoms with E-state index in [1.165, 1.54) is 16.4 Å². The van der Waals surface area contributed by atoms with E-state index in [4.69, 9.17) is 18.6 Å². The number of aliphatic hydroxyl groups is 1. The van der Waals surface area contributed by atoms with Gasteiger partial charge in [0.2, 0.25) is 10.0 Å². The van der Waals surface area contributed by atoms with Gasteiger partial charge in [0, 0.05) is 43.6 Å². The second-order valence-corrected chi connectivity index (χ2v) is 17.8. The molecule has 1 aromatic heterocycles. The maximum Gasteiger partial charge on any atom is 0.407 e. The summed E-state index contributed by atoms with van der Waals surface area (Å²) < 4.78 is 69.0. The number of rotatable bonds is 9. The number of alkyl carbamates (subject to hydrolysis) is 1. The van der Waals surface area contributed by atoms with Crippen molar-refractivity contribution in [2.75, 3.05) is 45.2 Å². The number of anilines is 1. The summed E-state index contributed by atoms with van der Waals surface area (Å²) in [6.07, 6.45) is 5.30. The van der Waals surface area contributed by atoms with E-state index in [0.29, 0.717) is 66.9 Å². The lowest BCUT2D eigenvalue weighted by atomic mass is 9.87. The minimum absolute atomic E-state index is 0.0574. The van der Waals surface area contributed by atoms with Crippen LogP contribution in [0.15, 0.2) is 45.7 Å². The maximum atomic E-state index is 14.8. The molecule has 2 aliphatic carbocycles. The summed E-state index contributed by atoms with van der Waals surface area (Å²) in [4.78, 5) is 20.4. The first-order valence-corrected chi connectivity index (χ1v) is 21.1. The van der Waals surface area contributed by atoms with E-state index in [1.54, 1.807) is 24.3 Å². The number of amides is 1. The van der Waals surface area contributed by atoms with Gasteiger partial charge >= 0.3 is 6.09 Å². The summed E-state index contributed by atoms with van der Waals surface area (Å²) in [6, 6.07) is 9.01. The van der Waals surface area contributed by atoms with Crippen LogP contribution in [0.5, 0.6) is 0 Å². The van der Waals surface area contributed by atoms with Crippen molar-refractivity contribution in [1.82, 2.24) is 19.5 Å². The van der Waals surface area contributed by atoms with Crippen LogP contribution in [0, 0.1) is 23.6 Å². The van der Waals surface area contributed by atoms with Crippen molar-refractivity contribution in [2.45, 2.75) is 106 Å². The van der Waals surface area contributed by atoms with Crippen molar-refractivity contribution < 1.29 is 41.3 Å². The highest BCUT2D eigenvalue weighted by Gasteiger charge is 2.55. The zero-order chi connectivity index (χ0) is 37.4. The Balaban J connectivity index is 1.06. The van der Waals surface area contributed by atoms with Gasteiger partial charge in [0.1, 0.15) is 17.4 Å². The molecule has 0 spiro atoms. The third-order valence-corrected chi connectivity index (χ3v) is 13.8. The highest BCUT2D eigenvalue weighted by atomic mass is 32.2. The summed E-state index contributed by atoms with van der Waals surface area (Å²) in [7, 11) is -2.22. The minimum atomic E-state index is -4.20. The van der Waals surface area contributed by atoms with E-state index < -0.39 is 34.1 Å². The van der Waals surface area contributed by atoms with Crippen LogP contribution in [0.2, 0.25) is 0 Å². The molecule has 8 rings (SSSR count). The average molecular weight is 770 g/mol. The number of carbonyl (C=O) groups excluding carboxylic acids is 1. The van der Waals surface area contributed by atoms with Crippen molar-refractivity contribution in [2.24, 2.45) is 17.8 Å². The average Bonchev–Trinajstić information content (AvgIpc) is 3.55. The van der Waals surface area contributed by atoms with Gasteiger partial charge in [0.05, 0.1) is 30.3 Å². The number of sulfonamides is 1. The van der Waals surface area contributed by atoms with Gasteiger partial charge in [-0.05, 0) is 93.8 Å². The number of aliphatic hydroxyl groups excluding tert-OH is 1. The highest BCUT2D eigenvalue weighted by Crippen LogP contribution is 2.50. The molecule has 3 N–H and O–H groups in total. The lowest BCUT2D eigenvalue weighted by molar-refractivity contribution is -0.173. The first-order chi connectivity index (χ1) is 26.1. The molecule has 3 aromatic rings. The number of hydrogen-bond acceptors (Lipinski definition) is 11. The Labute approximate surface area is 315 Å². The molecule has 2 saturated carbocycles. The molecule has 4 heterocycles. The largest absolute Gasteiger partial charge is 0.446 e. The van der Waals surface area contributed by atoms with Gasteiger partial charge in [-0.3, -0.25) is 0 Å². The van der Waals surface area contributed by atoms with Crippen LogP contribution in [0.4, 0.5) is 15.2 Å². The third-order valence-electron chi connectivity index (χ3n) is 11.8. The molecule has 3 aliphatic heterocycles. The van der Waals surface area contributed by atoms with Gasteiger partial charge in [0.25, 0.3) is 6.01 Å². The van der Waals surface area contributed by atoms with Crippen LogP contribution < -0.4 is 10.6 Å². The SMILES string of the molecule is CN1CCCCCCCN(C[C@@H](O)[C@H](Cc2cccc(F)c2)NC(=O)O[C@H]2C[C@H]3CO[C@H]4OCC[C@@H]2[C@@H]34)S(=O)(=O)c2cc3oc(NC4CC4)nc3cc2C1.